The van der Waals surface area contributed by atoms with E-state index in [-0.39, 0.29) is 5.91 Å². The summed E-state index contributed by atoms with van der Waals surface area (Å²) in [7, 11) is 1.56. The highest BCUT2D eigenvalue weighted by Crippen LogP contribution is 2.05. The standard InChI is InChI=1S/C9H11BrN2O3/c1-14-5-6-15-12-9(13)7-3-2-4-8(10)11-7/h2-4H,5-6H2,1H3,(H,12,13). The van der Waals surface area contributed by atoms with Crippen LogP contribution in [0.4, 0.5) is 0 Å². The summed E-state index contributed by atoms with van der Waals surface area (Å²) in [6.07, 6.45) is 0. The van der Waals surface area contributed by atoms with Crippen molar-refractivity contribution in [2.45, 2.75) is 0 Å². The van der Waals surface area contributed by atoms with Crippen LogP contribution in [0.2, 0.25) is 0 Å². The summed E-state index contributed by atoms with van der Waals surface area (Å²) in [4.78, 5) is 20.2. The van der Waals surface area contributed by atoms with Gasteiger partial charge in [-0.05, 0) is 28.1 Å². The van der Waals surface area contributed by atoms with E-state index in [9.17, 15) is 4.79 Å². The van der Waals surface area contributed by atoms with Crippen molar-refractivity contribution in [3.05, 3.63) is 28.5 Å². The number of aromatic nitrogens is 1. The molecule has 0 aromatic carbocycles. The molecule has 0 unspecified atom stereocenters. The smallest absolute Gasteiger partial charge is 0.293 e. The zero-order chi connectivity index (χ0) is 11.1. The number of carbonyl (C=O) groups excluding carboxylic acids is 1. The van der Waals surface area contributed by atoms with Crippen LogP contribution in [-0.2, 0) is 9.57 Å². The van der Waals surface area contributed by atoms with E-state index in [1.165, 1.54) is 0 Å². The first-order valence-electron chi connectivity index (χ1n) is 4.27. The molecule has 15 heavy (non-hydrogen) atoms. The molecule has 1 aromatic heterocycles. The molecule has 1 rings (SSSR count). The van der Waals surface area contributed by atoms with Crippen LogP contribution in [0.15, 0.2) is 22.8 Å². The van der Waals surface area contributed by atoms with Crippen molar-refractivity contribution in [2.75, 3.05) is 20.3 Å². The Morgan fingerprint density at radius 3 is 3.00 bits per heavy atom. The summed E-state index contributed by atoms with van der Waals surface area (Å²) in [6.45, 7) is 0.725. The van der Waals surface area contributed by atoms with Crippen molar-refractivity contribution >= 4 is 21.8 Å². The zero-order valence-electron chi connectivity index (χ0n) is 8.20. The molecule has 6 heteroatoms. The van der Waals surface area contributed by atoms with Crippen molar-refractivity contribution in [3.63, 3.8) is 0 Å². The predicted octanol–water partition coefficient (Wildman–Crippen LogP) is 1.15. The molecule has 0 atom stereocenters. The molecule has 0 saturated carbocycles. The Hall–Kier alpha value is -0.980. The van der Waals surface area contributed by atoms with E-state index in [0.29, 0.717) is 23.5 Å². The van der Waals surface area contributed by atoms with E-state index >= 15 is 0 Å². The molecule has 1 aromatic rings. The highest BCUT2D eigenvalue weighted by atomic mass is 79.9. The predicted molar refractivity (Wildman–Crippen MR) is 57.2 cm³/mol. The minimum atomic E-state index is -0.382. The lowest BCUT2D eigenvalue weighted by molar-refractivity contribution is 0.00857. The Labute approximate surface area is 95.9 Å². The molecule has 1 N–H and O–H groups in total. The highest BCUT2D eigenvalue weighted by molar-refractivity contribution is 9.10. The number of ether oxygens (including phenoxy) is 1. The van der Waals surface area contributed by atoms with Crippen molar-refractivity contribution in [3.8, 4) is 0 Å². The van der Waals surface area contributed by atoms with Gasteiger partial charge in [-0.1, -0.05) is 6.07 Å². The Bertz CT molecular complexity index is 333. The van der Waals surface area contributed by atoms with Crippen LogP contribution in [-0.4, -0.2) is 31.2 Å². The van der Waals surface area contributed by atoms with Gasteiger partial charge in [0.25, 0.3) is 5.91 Å². The minimum Gasteiger partial charge on any atom is -0.382 e. The first-order chi connectivity index (χ1) is 7.24. The van der Waals surface area contributed by atoms with E-state index in [2.05, 4.69) is 26.4 Å². The largest absolute Gasteiger partial charge is 0.382 e. The molecular formula is C9H11BrN2O3. The number of hydrogen-bond donors (Lipinski definition) is 1. The number of nitrogens with zero attached hydrogens (tertiary/aromatic N) is 1. The van der Waals surface area contributed by atoms with Crippen LogP contribution in [0.25, 0.3) is 0 Å². The summed E-state index contributed by atoms with van der Waals surface area (Å²) in [5, 5.41) is 0. The van der Waals surface area contributed by atoms with Crippen molar-refractivity contribution in [2.24, 2.45) is 0 Å². The fraction of sp³-hybridized carbons (Fsp3) is 0.333. The minimum absolute atomic E-state index is 0.293. The fourth-order valence-corrected chi connectivity index (χ4v) is 1.17. The molecule has 0 spiro atoms. The van der Waals surface area contributed by atoms with Crippen LogP contribution in [0, 0.1) is 0 Å². The molecular weight excluding hydrogens is 264 g/mol. The van der Waals surface area contributed by atoms with Gasteiger partial charge in [0.1, 0.15) is 10.3 Å². The molecule has 1 amide bonds. The molecule has 0 aliphatic carbocycles. The van der Waals surface area contributed by atoms with Gasteiger partial charge >= 0.3 is 0 Å². The number of methoxy groups -OCH3 is 1. The molecule has 82 valence electrons. The average molecular weight is 275 g/mol. The normalized spacial score (nSPS) is 10.0. The number of nitrogens with one attached hydrogen (secondary N) is 1. The van der Waals surface area contributed by atoms with E-state index in [4.69, 9.17) is 9.57 Å². The van der Waals surface area contributed by atoms with Gasteiger partial charge in [-0.3, -0.25) is 9.63 Å². The Morgan fingerprint density at radius 2 is 2.33 bits per heavy atom. The molecule has 5 nitrogen and oxygen atoms in total. The van der Waals surface area contributed by atoms with Gasteiger partial charge < -0.3 is 4.74 Å². The van der Waals surface area contributed by atoms with E-state index < -0.39 is 0 Å². The van der Waals surface area contributed by atoms with Gasteiger partial charge in [0.2, 0.25) is 0 Å². The van der Waals surface area contributed by atoms with Gasteiger partial charge in [-0.25, -0.2) is 10.5 Å². The summed E-state index contributed by atoms with van der Waals surface area (Å²) in [5.41, 5.74) is 2.55. The molecule has 0 bridgehead atoms. The maximum atomic E-state index is 11.4. The Morgan fingerprint density at radius 1 is 1.53 bits per heavy atom. The third-order valence-electron chi connectivity index (χ3n) is 1.50. The number of carbonyl (C=O) groups is 1. The third-order valence-corrected chi connectivity index (χ3v) is 1.94. The second-order valence-electron chi connectivity index (χ2n) is 2.62. The summed E-state index contributed by atoms with van der Waals surface area (Å²) in [6, 6.07) is 5.06. The van der Waals surface area contributed by atoms with Crippen LogP contribution in [0.5, 0.6) is 0 Å². The molecule has 0 saturated heterocycles. The van der Waals surface area contributed by atoms with Gasteiger partial charge in [0.15, 0.2) is 0 Å². The number of amides is 1. The Balaban J connectivity index is 2.40. The van der Waals surface area contributed by atoms with Crippen LogP contribution in [0.1, 0.15) is 10.5 Å². The lowest BCUT2D eigenvalue weighted by atomic mass is 10.3. The maximum absolute atomic E-state index is 11.4. The molecule has 1 heterocycles. The molecule has 0 fully saturated rings. The lowest BCUT2D eigenvalue weighted by Gasteiger charge is -2.04. The topological polar surface area (TPSA) is 60.5 Å². The lowest BCUT2D eigenvalue weighted by Crippen LogP contribution is -2.26. The van der Waals surface area contributed by atoms with Gasteiger partial charge in [0.05, 0.1) is 13.2 Å². The monoisotopic (exact) mass is 274 g/mol. The second kappa shape index (κ2) is 6.49. The SMILES string of the molecule is COCCONC(=O)c1cccc(Br)n1. The average Bonchev–Trinajstić information content (AvgIpc) is 2.24. The third kappa shape index (κ3) is 4.37. The molecule has 0 aliphatic heterocycles. The van der Waals surface area contributed by atoms with Crippen molar-refractivity contribution in [1.29, 1.82) is 0 Å². The van der Waals surface area contributed by atoms with E-state index in [1.54, 1.807) is 25.3 Å². The molecule has 0 radical (unpaired) electrons. The van der Waals surface area contributed by atoms with Crippen LogP contribution < -0.4 is 5.48 Å². The first kappa shape index (κ1) is 12.1. The van der Waals surface area contributed by atoms with Crippen LogP contribution in [0.3, 0.4) is 0 Å². The number of halogens is 1. The summed E-state index contributed by atoms with van der Waals surface area (Å²) in [5.74, 6) is -0.382. The van der Waals surface area contributed by atoms with Crippen molar-refractivity contribution < 1.29 is 14.4 Å². The maximum Gasteiger partial charge on any atom is 0.293 e. The van der Waals surface area contributed by atoms with E-state index in [0.717, 1.165) is 0 Å². The first-order valence-corrected chi connectivity index (χ1v) is 5.07. The summed E-state index contributed by atoms with van der Waals surface area (Å²) >= 11 is 3.17. The number of pyridine rings is 1. The van der Waals surface area contributed by atoms with E-state index in [1.807, 2.05) is 0 Å². The Kier molecular flexibility index (Phi) is 5.23. The highest BCUT2D eigenvalue weighted by Gasteiger charge is 2.06. The number of hydroxylamine groups is 1. The van der Waals surface area contributed by atoms with Crippen molar-refractivity contribution in [1.82, 2.24) is 10.5 Å². The molecule has 0 aliphatic rings. The van der Waals surface area contributed by atoms with Gasteiger partial charge in [0, 0.05) is 7.11 Å². The van der Waals surface area contributed by atoms with Crippen LogP contribution >= 0.6 is 15.9 Å². The fourth-order valence-electron chi connectivity index (χ4n) is 0.829. The quantitative estimate of drug-likeness (QED) is 0.497. The summed E-state index contributed by atoms with van der Waals surface area (Å²) < 4.78 is 5.35. The second-order valence-corrected chi connectivity index (χ2v) is 3.43. The number of rotatable bonds is 5. The van der Waals surface area contributed by atoms with Gasteiger partial charge in [-0.2, -0.15) is 0 Å². The number of hydrogen-bond acceptors (Lipinski definition) is 4. The zero-order valence-corrected chi connectivity index (χ0v) is 9.78. The van der Waals surface area contributed by atoms with Gasteiger partial charge in [-0.15, -0.1) is 0 Å².